The third-order valence-electron chi connectivity index (χ3n) is 13.0. The summed E-state index contributed by atoms with van der Waals surface area (Å²) in [6.07, 6.45) is 17.5. The Labute approximate surface area is 355 Å². The van der Waals surface area contributed by atoms with Gasteiger partial charge < -0.3 is 34.2 Å². The van der Waals surface area contributed by atoms with Gasteiger partial charge >= 0.3 is 0 Å². The molecule has 326 valence electrons. The zero-order chi connectivity index (χ0) is 42.5. The standard InChI is InChI=1S/C48H65N3O9/c1-4-25-50(45(54)24-19-34-13-7-8-14-34)44-32-42(49-59-33-35-17-20-37(21-18-35)51(55)56)40-30-36(15-9-11-26-52)39(16-10-12-27-53)46-41-31-38(57-28-5-2)22-23-43(41)60-48(44,47(40)46)58-29-6-3/h5-6,17-18,20-23,30-31,34,36,39,44,46-47,52-53H,2-4,7-16,19,24-29,32-33H2,1H3. The minimum Gasteiger partial charge on any atom is -0.490 e. The number of nitro benzene ring substituents is 1. The highest BCUT2D eigenvalue weighted by molar-refractivity contribution is 6.03. The van der Waals surface area contributed by atoms with Crippen LogP contribution in [0.25, 0.3) is 0 Å². The van der Waals surface area contributed by atoms with Crippen molar-refractivity contribution in [1.29, 1.82) is 0 Å². The van der Waals surface area contributed by atoms with Crippen LogP contribution in [0.2, 0.25) is 0 Å². The van der Waals surface area contributed by atoms with Gasteiger partial charge in [0.1, 0.15) is 30.8 Å². The quantitative estimate of drug-likeness (QED) is 0.0457. The molecule has 6 rings (SSSR count). The molecule has 0 spiro atoms. The number of nitro groups is 1. The SMILES string of the molecule is C=CCOc1ccc2c(c1)C1C(CCCCO)C(CCCCO)C=C3C(=NOCc4ccc([N+](=O)[O-])cc4)CC(N(CCC)C(=O)CCC4CCCC4)C(OCC=C)(O2)C31. The summed E-state index contributed by atoms with van der Waals surface area (Å²) in [7, 11) is 0. The number of ether oxygens (including phenoxy) is 3. The van der Waals surface area contributed by atoms with Crippen molar-refractivity contribution in [2.45, 2.75) is 121 Å². The summed E-state index contributed by atoms with van der Waals surface area (Å²) in [6, 6.07) is 11.6. The normalized spacial score (nSPS) is 25.1. The molecule has 0 radical (unpaired) electrons. The van der Waals surface area contributed by atoms with Gasteiger partial charge in [0.05, 0.1) is 23.2 Å². The lowest BCUT2D eigenvalue weighted by molar-refractivity contribution is -0.384. The number of amides is 1. The first-order chi connectivity index (χ1) is 29.3. The molecule has 1 heterocycles. The number of aliphatic hydroxyl groups excluding tert-OH is 2. The zero-order valence-corrected chi connectivity index (χ0v) is 35.4. The fraction of sp³-hybridized carbons (Fsp3) is 0.583. The number of hydrogen-bond acceptors (Lipinski definition) is 10. The number of allylic oxidation sites excluding steroid dienone is 1. The van der Waals surface area contributed by atoms with Crippen molar-refractivity contribution >= 4 is 17.3 Å². The van der Waals surface area contributed by atoms with Crippen molar-refractivity contribution in [2.75, 3.05) is 33.0 Å². The monoisotopic (exact) mass is 827 g/mol. The maximum absolute atomic E-state index is 14.7. The van der Waals surface area contributed by atoms with Gasteiger partial charge in [-0.05, 0) is 97.7 Å². The second-order valence-corrected chi connectivity index (χ2v) is 16.8. The Kier molecular flexibility index (Phi) is 16.4. The fourth-order valence-electron chi connectivity index (χ4n) is 10.3. The highest BCUT2D eigenvalue weighted by Crippen LogP contribution is 2.62. The van der Waals surface area contributed by atoms with Crippen LogP contribution >= 0.6 is 0 Å². The van der Waals surface area contributed by atoms with Gasteiger partial charge in [0.15, 0.2) is 0 Å². The molecule has 3 aliphatic carbocycles. The Bertz CT molecular complexity index is 1820. The Hall–Kier alpha value is -4.52. The largest absolute Gasteiger partial charge is 0.490 e. The van der Waals surface area contributed by atoms with Gasteiger partial charge in [0.2, 0.25) is 11.7 Å². The molecule has 0 bridgehead atoms. The number of rotatable bonds is 24. The van der Waals surface area contributed by atoms with Crippen molar-refractivity contribution in [3.8, 4) is 11.5 Å². The molecular weight excluding hydrogens is 763 g/mol. The molecule has 1 aliphatic heterocycles. The average Bonchev–Trinajstić information content (AvgIpc) is 3.79. The highest BCUT2D eigenvalue weighted by atomic mass is 16.7. The van der Waals surface area contributed by atoms with Crippen molar-refractivity contribution < 1.29 is 39.0 Å². The molecule has 0 saturated heterocycles. The topological polar surface area (TPSA) is 153 Å². The van der Waals surface area contributed by atoms with E-state index >= 15 is 0 Å². The van der Waals surface area contributed by atoms with Crippen LogP contribution in [-0.4, -0.2) is 76.5 Å². The van der Waals surface area contributed by atoms with E-state index in [-0.39, 0.29) is 55.8 Å². The summed E-state index contributed by atoms with van der Waals surface area (Å²) in [5, 5.41) is 36.0. The molecule has 6 unspecified atom stereocenters. The Morgan fingerprint density at radius 3 is 2.43 bits per heavy atom. The molecule has 1 amide bonds. The van der Waals surface area contributed by atoms with Crippen molar-refractivity contribution in [3.63, 3.8) is 0 Å². The molecule has 2 saturated carbocycles. The molecule has 2 N–H and O–H groups in total. The fourth-order valence-corrected chi connectivity index (χ4v) is 10.3. The van der Waals surface area contributed by atoms with E-state index in [1.807, 2.05) is 17.0 Å². The summed E-state index contributed by atoms with van der Waals surface area (Å²) in [6.45, 7) is 11.3. The minimum absolute atomic E-state index is 0.000482. The molecular formula is C48H65N3O9. The highest BCUT2D eigenvalue weighted by Gasteiger charge is 2.65. The molecule has 60 heavy (non-hydrogen) atoms. The van der Waals surface area contributed by atoms with E-state index in [9.17, 15) is 25.1 Å². The molecule has 4 aliphatic rings. The number of nitrogens with zero attached hydrogens (tertiary/aromatic N) is 3. The summed E-state index contributed by atoms with van der Waals surface area (Å²) in [5.41, 5.74) is 3.40. The third-order valence-corrected chi connectivity index (χ3v) is 13.0. The van der Waals surface area contributed by atoms with Crippen LogP contribution in [0.4, 0.5) is 5.69 Å². The van der Waals surface area contributed by atoms with E-state index in [2.05, 4.69) is 32.2 Å². The third kappa shape index (κ3) is 10.3. The van der Waals surface area contributed by atoms with Crippen LogP contribution in [0.3, 0.4) is 0 Å². The van der Waals surface area contributed by atoms with Crippen LogP contribution in [0.5, 0.6) is 11.5 Å². The predicted molar refractivity (Wildman–Crippen MR) is 232 cm³/mol. The molecule has 2 fully saturated rings. The number of aliphatic hydroxyl groups is 2. The second-order valence-electron chi connectivity index (χ2n) is 16.8. The molecule has 2 aromatic carbocycles. The van der Waals surface area contributed by atoms with Gasteiger partial charge in [0.25, 0.3) is 5.69 Å². The number of hydrogen-bond donors (Lipinski definition) is 2. The van der Waals surface area contributed by atoms with Crippen LogP contribution < -0.4 is 9.47 Å². The number of non-ortho nitro benzene ring substituents is 1. The van der Waals surface area contributed by atoms with Gasteiger partial charge in [0, 0.05) is 56.2 Å². The first-order valence-electron chi connectivity index (χ1n) is 22.2. The number of unbranched alkanes of at least 4 members (excludes halogenated alkanes) is 2. The molecule has 12 nitrogen and oxygen atoms in total. The van der Waals surface area contributed by atoms with E-state index in [1.165, 1.54) is 25.0 Å². The number of benzene rings is 2. The van der Waals surface area contributed by atoms with Gasteiger partial charge in [-0.25, -0.2) is 0 Å². The van der Waals surface area contributed by atoms with Crippen molar-refractivity contribution in [3.05, 3.63) is 101 Å². The average molecular weight is 828 g/mol. The van der Waals surface area contributed by atoms with Crippen LogP contribution in [0, 0.1) is 33.8 Å². The molecule has 0 aromatic heterocycles. The molecule has 2 aromatic rings. The summed E-state index contributed by atoms with van der Waals surface area (Å²) < 4.78 is 20.6. The zero-order valence-electron chi connectivity index (χ0n) is 35.4. The van der Waals surface area contributed by atoms with Crippen molar-refractivity contribution in [2.24, 2.45) is 28.8 Å². The van der Waals surface area contributed by atoms with E-state index in [0.29, 0.717) is 62.0 Å². The minimum atomic E-state index is -1.32. The lowest BCUT2D eigenvalue weighted by atomic mass is 9.55. The lowest BCUT2D eigenvalue weighted by Crippen LogP contribution is -2.70. The Morgan fingerprint density at radius 1 is 1.02 bits per heavy atom. The molecule has 6 atom stereocenters. The number of carbonyl (C=O) groups excluding carboxylic acids is 1. The smallest absolute Gasteiger partial charge is 0.269 e. The first kappa shape index (κ1) is 45.0. The second kappa shape index (κ2) is 21.8. The van der Waals surface area contributed by atoms with E-state index in [1.54, 1.807) is 24.3 Å². The number of carbonyl (C=O) groups is 1. The molecule has 12 heteroatoms. The first-order valence-corrected chi connectivity index (χ1v) is 22.2. The Morgan fingerprint density at radius 2 is 1.75 bits per heavy atom. The maximum Gasteiger partial charge on any atom is 0.269 e. The summed E-state index contributed by atoms with van der Waals surface area (Å²) >= 11 is 0. The Balaban J connectivity index is 1.53. The van der Waals surface area contributed by atoms with Crippen LogP contribution in [0.15, 0.2) is 84.6 Å². The lowest BCUT2D eigenvalue weighted by Gasteiger charge is -2.60. The van der Waals surface area contributed by atoms with E-state index in [4.69, 9.17) is 24.2 Å². The van der Waals surface area contributed by atoms with E-state index in [0.717, 1.165) is 68.1 Å². The van der Waals surface area contributed by atoms with Gasteiger partial charge in [-0.1, -0.05) is 75.4 Å². The van der Waals surface area contributed by atoms with Gasteiger partial charge in [-0.15, -0.1) is 6.58 Å². The number of fused-ring (bicyclic) bond motifs is 2. The van der Waals surface area contributed by atoms with Gasteiger partial charge in [-0.3, -0.25) is 14.9 Å². The maximum atomic E-state index is 14.7. The van der Waals surface area contributed by atoms with Crippen molar-refractivity contribution in [1.82, 2.24) is 4.90 Å². The predicted octanol–water partition coefficient (Wildman–Crippen LogP) is 9.20. The van der Waals surface area contributed by atoms with Gasteiger partial charge in [-0.2, -0.15) is 0 Å². The van der Waals surface area contributed by atoms with Crippen LogP contribution in [-0.2, 0) is 21.0 Å². The van der Waals surface area contributed by atoms with E-state index < -0.39 is 22.7 Å². The number of oxime groups is 1. The summed E-state index contributed by atoms with van der Waals surface area (Å²) in [5.74, 6) is 0.278. The van der Waals surface area contributed by atoms with Crippen LogP contribution in [0.1, 0.15) is 114 Å². The summed E-state index contributed by atoms with van der Waals surface area (Å²) in [4.78, 5) is 33.8.